The minimum Gasteiger partial charge on any atom is -0.497 e. The van der Waals surface area contributed by atoms with Gasteiger partial charge in [-0.3, -0.25) is 0 Å². The Morgan fingerprint density at radius 3 is 2.74 bits per heavy atom. The number of ether oxygens (including phenoxy) is 1. The molecule has 1 aromatic rings. The largest absolute Gasteiger partial charge is 0.497 e. The lowest BCUT2D eigenvalue weighted by Crippen LogP contribution is -2.44. The van der Waals surface area contributed by atoms with Crippen molar-refractivity contribution in [2.75, 3.05) is 13.7 Å². The summed E-state index contributed by atoms with van der Waals surface area (Å²) >= 11 is 0. The molecule has 1 unspecified atom stereocenters. The molecule has 0 amide bonds. The van der Waals surface area contributed by atoms with Gasteiger partial charge in [-0.05, 0) is 68.3 Å². The molecule has 0 bridgehead atoms. The lowest BCUT2D eigenvalue weighted by molar-refractivity contribution is 0.277. The molecule has 1 saturated carbocycles. The lowest BCUT2D eigenvalue weighted by atomic mass is 9.79. The summed E-state index contributed by atoms with van der Waals surface area (Å²) in [6.07, 6.45) is 8.12. The molecule has 1 aliphatic heterocycles. The Labute approximate surface area is 116 Å². The molecule has 1 aromatic carbocycles. The van der Waals surface area contributed by atoms with E-state index in [9.17, 15) is 0 Å². The van der Waals surface area contributed by atoms with Gasteiger partial charge in [0.25, 0.3) is 0 Å². The third-order valence-electron chi connectivity index (χ3n) is 4.88. The van der Waals surface area contributed by atoms with E-state index in [0.29, 0.717) is 0 Å². The van der Waals surface area contributed by atoms with Crippen LogP contribution in [0.4, 0.5) is 0 Å². The van der Waals surface area contributed by atoms with Crippen molar-refractivity contribution < 1.29 is 4.74 Å². The number of aryl methyl sites for hydroxylation is 1. The molecule has 2 nitrogen and oxygen atoms in total. The molecule has 2 fully saturated rings. The van der Waals surface area contributed by atoms with Crippen LogP contribution in [0, 0.1) is 12.8 Å². The standard InChI is InChI=1S/C17H25NO/c1-13-12-15(19-2)8-9-16(13)17(14-6-7-14)10-4-3-5-11-18-17/h8-9,12,14,18H,3-7,10-11H2,1-2H3. The first-order valence-corrected chi connectivity index (χ1v) is 7.66. The summed E-state index contributed by atoms with van der Waals surface area (Å²) in [7, 11) is 1.75. The van der Waals surface area contributed by atoms with Crippen LogP contribution in [-0.4, -0.2) is 13.7 Å². The van der Waals surface area contributed by atoms with Crippen LogP contribution in [-0.2, 0) is 5.54 Å². The van der Waals surface area contributed by atoms with Gasteiger partial charge in [0.05, 0.1) is 7.11 Å². The topological polar surface area (TPSA) is 21.3 Å². The smallest absolute Gasteiger partial charge is 0.119 e. The molecule has 0 spiro atoms. The summed E-state index contributed by atoms with van der Waals surface area (Å²) in [6.45, 7) is 3.40. The van der Waals surface area contributed by atoms with Gasteiger partial charge in [0, 0.05) is 5.54 Å². The van der Waals surface area contributed by atoms with Crippen LogP contribution in [0.3, 0.4) is 0 Å². The van der Waals surface area contributed by atoms with Gasteiger partial charge in [-0.2, -0.15) is 0 Å². The highest BCUT2D eigenvalue weighted by molar-refractivity contribution is 5.40. The van der Waals surface area contributed by atoms with Crippen LogP contribution in [0.25, 0.3) is 0 Å². The number of hydrogen-bond donors (Lipinski definition) is 1. The fourth-order valence-electron chi connectivity index (χ4n) is 3.74. The molecule has 104 valence electrons. The Morgan fingerprint density at radius 1 is 1.21 bits per heavy atom. The second-order valence-corrected chi connectivity index (χ2v) is 6.16. The fourth-order valence-corrected chi connectivity index (χ4v) is 3.74. The molecule has 1 atom stereocenters. The minimum absolute atomic E-state index is 0.243. The molecule has 1 saturated heterocycles. The summed E-state index contributed by atoms with van der Waals surface area (Å²) < 4.78 is 5.35. The SMILES string of the molecule is COc1ccc(C2(C3CC3)CCCCCN2)c(C)c1. The number of rotatable bonds is 3. The Hall–Kier alpha value is -1.02. The Morgan fingerprint density at radius 2 is 2.05 bits per heavy atom. The van der Waals surface area contributed by atoms with Crippen molar-refractivity contribution in [3.8, 4) is 5.75 Å². The zero-order valence-corrected chi connectivity index (χ0v) is 12.2. The van der Waals surface area contributed by atoms with Crippen molar-refractivity contribution in [3.63, 3.8) is 0 Å². The number of methoxy groups -OCH3 is 1. The van der Waals surface area contributed by atoms with E-state index in [-0.39, 0.29) is 5.54 Å². The quantitative estimate of drug-likeness (QED) is 0.892. The molecule has 1 aliphatic carbocycles. The van der Waals surface area contributed by atoms with E-state index in [1.807, 2.05) is 0 Å². The molecule has 1 N–H and O–H groups in total. The van der Waals surface area contributed by atoms with Gasteiger partial charge in [-0.25, -0.2) is 0 Å². The summed E-state index contributed by atoms with van der Waals surface area (Å²) in [4.78, 5) is 0. The maximum absolute atomic E-state index is 5.35. The second-order valence-electron chi connectivity index (χ2n) is 6.16. The van der Waals surface area contributed by atoms with Crippen LogP contribution in [0.15, 0.2) is 18.2 Å². The van der Waals surface area contributed by atoms with Crippen molar-refractivity contribution in [1.29, 1.82) is 0 Å². The van der Waals surface area contributed by atoms with E-state index < -0.39 is 0 Å². The van der Waals surface area contributed by atoms with Crippen LogP contribution >= 0.6 is 0 Å². The predicted molar refractivity (Wildman–Crippen MR) is 78.6 cm³/mol. The molecule has 2 heteroatoms. The van der Waals surface area contributed by atoms with Crippen LogP contribution in [0.5, 0.6) is 5.75 Å². The Bertz CT molecular complexity index is 443. The van der Waals surface area contributed by atoms with Crippen LogP contribution in [0.1, 0.15) is 49.7 Å². The summed E-state index contributed by atoms with van der Waals surface area (Å²) in [5.41, 5.74) is 3.13. The highest BCUT2D eigenvalue weighted by atomic mass is 16.5. The maximum atomic E-state index is 5.35. The molecule has 2 aliphatic rings. The zero-order chi connectivity index (χ0) is 13.3. The van der Waals surface area contributed by atoms with Crippen molar-refractivity contribution in [2.45, 2.75) is 51.0 Å². The first kappa shape index (κ1) is 13.0. The monoisotopic (exact) mass is 259 g/mol. The van der Waals surface area contributed by atoms with E-state index >= 15 is 0 Å². The highest BCUT2D eigenvalue weighted by Gasteiger charge is 2.46. The van der Waals surface area contributed by atoms with E-state index in [1.165, 1.54) is 56.2 Å². The average molecular weight is 259 g/mol. The minimum atomic E-state index is 0.243. The van der Waals surface area contributed by atoms with Gasteiger partial charge in [0.1, 0.15) is 5.75 Å². The number of benzene rings is 1. The van der Waals surface area contributed by atoms with Crippen molar-refractivity contribution in [1.82, 2.24) is 5.32 Å². The zero-order valence-electron chi connectivity index (χ0n) is 12.2. The van der Waals surface area contributed by atoms with E-state index in [4.69, 9.17) is 4.74 Å². The van der Waals surface area contributed by atoms with Gasteiger partial charge in [-0.1, -0.05) is 18.9 Å². The molecule has 0 aromatic heterocycles. The maximum Gasteiger partial charge on any atom is 0.119 e. The van der Waals surface area contributed by atoms with Gasteiger partial charge < -0.3 is 10.1 Å². The Balaban J connectivity index is 1.99. The van der Waals surface area contributed by atoms with Crippen molar-refractivity contribution >= 4 is 0 Å². The Kier molecular flexibility index (Phi) is 3.53. The normalized spacial score (nSPS) is 27.9. The summed E-state index contributed by atoms with van der Waals surface area (Å²) in [5.74, 6) is 1.82. The molecule has 19 heavy (non-hydrogen) atoms. The third-order valence-corrected chi connectivity index (χ3v) is 4.88. The molecule has 0 radical (unpaired) electrons. The average Bonchev–Trinajstić information content (AvgIpc) is 3.25. The number of hydrogen-bond acceptors (Lipinski definition) is 2. The van der Waals surface area contributed by atoms with Gasteiger partial charge in [-0.15, -0.1) is 0 Å². The third kappa shape index (κ3) is 2.38. The van der Waals surface area contributed by atoms with E-state index in [0.717, 1.165) is 11.7 Å². The predicted octanol–water partition coefficient (Wildman–Crippen LogP) is 3.77. The van der Waals surface area contributed by atoms with Crippen LogP contribution < -0.4 is 10.1 Å². The van der Waals surface area contributed by atoms with Gasteiger partial charge >= 0.3 is 0 Å². The molecule has 3 rings (SSSR count). The first-order valence-electron chi connectivity index (χ1n) is 7.66. The van der Waals surface area contributed by atoms with Crippen molar-refractivity contribution in [3.05, 3.63) is 29.3 Å². The second kappa shape index (κ2) is 5.16. The lowest BCUT2D eigenvalue weighted by Gasteiger charge is -2.36. The van der Waals surface area contributed by atoms with Crippen molar-refractivity contribution in [2.24, 2.45) is 5.92 Å². The van der Waals surface area contributed by atoms with Crippen LogP contribution in [0.2, 0.25) is 0 Å². The van der Waals surface area contributed by atoms with Gasteiger partial charge in [0.15, 0.2) is 0 Å². The molecule has 1 heterocycles. The highest BCUT2D eigenvalue weighted by Crippen LogP contribution is 2.50. The molecular formula is C17H25NO. The number of nitrogens with one attached hydrogen (secondary N) is 1. The van der Waals surface area contributed by atoms with E-state index in [2.05, 4.69) is 30.4 Å². The fraction of sp³-hybridized carbons (Fsp3) is 0.647. The molecular weight excluding hydrogens is 234 g/mol. The van der Waals surface area contributed by atoms with Gasteiger partial charge in [0.2, 0.25) is 0 Å². The van der Waals surface area contributed by atoms with E-state index in [1.54, 1.807) is 7.11 Å². The first-order chi connectivity index (χ1) is 9.26. The summed E-state index contributed by atoms with van der Waals surface area (Å²) in [5, 5.41) is 3.91. The summed E-state index contributed by atoms with van der Waals surface area (Å²) in [6, 6.07) is 6.61.